The average molecular weight is 212 g/mol. The van der Waals surface area contributed by atoms with Crippen LogP contribution in [0.15, 0.2) is 65.1 Å². The van der Waals surface area contributed by atoms with Crippen LogP contribution in [0.3, 0.4) is 0 Å². The second kappa shape index (κ2) is 8.72. The summed E-state index contributed by atoms with van der Waals surface area (Å²) in [5.74, 6) is 0. The second-order valence-corrected chi connectivity index (χ2v) is 3.30. The van der Waals surface area contributed by atoms with Gasteiger partial charge in [-0.15, -0.1) is 0 Å². The van der Waals surface area contributed by atoms with Gasteiger partial charge in [0.2, 0.25) is 0 Å². The first-order valence-electron chi connectivity index (χ1n) is 5.25. The molecule has 0 N–H and O–H groups in total. The van der Waals surface area contributed by atoms with E-state index in [9.17, 15) is 0 Å². The van der Waals surface area contributed by atoms with E-state index in [0.717, 1.165) is 16.6 Å². The van der Waals surface area contributed by atoms with Crippen LogP contribution >= 0.6 is 0 Å². The lowest BCUT2D eigenvalue weighted by molar-refractivity contribution is 1.47. The second-order valence-electron chi connectivity index (χ2n) is 3.30. The van der Waals surface area contributed by atoms with Crippen LogP contribution in [0, 0.1) is 0 Å². The molecule has 0 saturated heterocycles. The van der Waals surface area contributed by atoms with E-state index >= 15 is 0 Å². The van der Waals surface area contributed by atoms with Gasteiger partial charge in [0.1, 0.15) is 7.28 Å². The summed E-state index contributed by atoms with van der Waals surface area (Å²) in [6.45, 7) is 11.7. The molecule has 0 saturated carbocycles. The van der Waals surface area contributed by atoms with Crippen molar-refractivity contribution in [2.24, 2.45) is 4.99 Å². The Morgan fingerprint density at radius 2 is 1.81 bits per heavy atom. The summed E-state index contributed by atoms with van der Waals surface area (Å²) in [5, 5.41) is 0. The van der Waals surface area contributed by atoms with Crippen LogP contribution in [0.2, 0.25) is 6.82 Å². The molecule has 1 nitrogen and oxygen atoms in total. The van der Waals surface area contributed by atoms with Gasteiger partial charge in [-0.3, -0.25) is 4.99 Å². The summed E-state index contributed by atoms with van der Waals surface area (Å²) < 4.78 is 0. The van der Waals surface area contributed by atoms with E-state index in [1.54, 1.807) is 13.3 Å². The van der Waals surface area contributed by atoms with E-state index in [2.05, 4.69) is 18.2 Å². The number of hydrogen-bond acceptors (Lipinski definition) is 1. The summed E-state index contributed by atoms with van der Waals surface area (Å²) >= 11 is 0. The maximum absolute atomic E-state index is 3.91. The maximum Gasteiger partial charge on any atom is 0.148 e. The molecule has 0 aromatic rings. The van der Waals surface area contributed by atoms with Crippen LogP contribution in [-0.4, -0.2) is 20.5 Å². The van der Waals surface area contributed by atoms with Gasteiger partial charge in [0.05, 0.1) is 0 Å². The monoisotopic (exact) mass is 212 g/mol. The fourth-order valence-electron chi connectivity index (χ4n) is 1.12. The molecule has 16 heavy (non-hydrogen) atoms. The molecule has 0 unspecified atom stereocenters. The minimum absolute atomic E-state index is 0.886. The number of allylic oxidation sites excluding steroid dienone is 8. The first-order valence-corrected chi connectivity index (χ1v) is 5.25. The van der Waals surface area contributed by atoms with Gasteiger partial charge >= 0.3 is 0 Å². The molecule has 1 radical (unpaired) electrons. The van der Waals surface area contributed by atoms with Crippen LogP contribution in [0.4, 0.5) is 0 Å². The normalized spacial score (nSPS) is 12.8. The van der Waals surface area contributed by atoms with Gasteiger partial charge in [0.15, 0.2) is 0 Å². The molecule has 0 atom stereocenters. The first kappa shape index (κ1) is 14.4. The van der Waals surface area contributed by atoms with Crippen molar-refractivity contribution in [3.05, 3.63) is 60.2 Å². The number of nitrogens with zero attached hydrogens (tertiary/aromatic N) is 1. The third-order valence-electron chi connectivity index (χ3n) is 1.85. The van der Waals surface area contributed by atoms with Crippen molar-refractivity contribution in [1.82, 2.24) is 0 Å². The van der Waals surface area contributed by atoms with E-state index in [1.807, 2.05) is 51.4 Å². The third-order valence-corrected chi connectivity index (χ3v) is 1.85. The fourth-order valence-corrected chi connectivity index (χ4v) is 1.12. The van der Waals surface area contributed by atoms with Crippen molar-refractivity contribution in [2.45, 2.75) is 13.7 Å². The van der Waals surface area contributed by atoms with E-state index in [-0.39, 0.29) is 0 Å². The SMILES string of the molecule is C=C(C=NC)/C=C([B]C)\C=C/C(=C)/C=C\C. The lowest BCUT2D eigenvalue weighted by atomic mass is 9.71. The molecule has 0 aromatic carbocycles. The molecule has 0 aliphatic carbocycles. The molecule has 0 fully saturated rings. The summed E-state index contributed by atoms with van der Waals surface area (Å²) in [6.07, 6.45) is 11.6. The van der Waals surface area contributed by atoms with Gasteiger partial charge in [-0.05, 0) is 18.1 Å². The molecule has 0 amide bonds. The topological polar surface area (TPSA) is 12.4 Å². The van der Waals surface area contributed by atoms with Crippen LogP contribution in [0.5, 0.6) is 0 Å². The van der Waals surface area contributed by atoms with Gasteiger partial charge in [-0.25, -0.2) is 0 Å². The highest BCUT2D eigenvalue weighted by molar-refractivity contribution is 6.45. The zero-order valence-electron chi connectivity index (χ0n) is 10.4. The number of aliphatic imine (C=N–C) groups is 1. The molecule has 0 rings (SSSR count). The minimum atomic E-state index is 0.886. The Hall–Kier alpha value is -1.57. The lowest BCUT2D eigenvalue weighted by Crippen LogP contribution is -1.89. The Morgan fingerprint density at radius 1 is 1.12 bits per heavy atom. The van der Waals surface area contributed by atoms with Crippen molar-refractivity contribution in [1.29, 1.82) is 0 Å². The molecule has 0 spiro atoms. The largest absolute Gasteiger partial charge is 0.296 e. The predicted octanol–water partition coefficient (Wildman–Crippen LogP) is 3.57. The summed E-state index contributed by atoms with van der Waals surface area (Å²) in [7, 11) is 3.76. The average Bonchev–Trinajstić information content (AvgIpc) is 2.25. The molecule has 0 aromatic heterocycles. The van der Waals surface area contributed by atoms with Crippen LogP contribution in [-0.2, 0) is 0 Å². The van der Waals surface area contributed by atoms with E-state index < -0.39 is 0 Å². The zero-order chi connectivity index (χ0) is 12.4. The smallest absolute Gasteiger partial charge is 0.148 e. The van der Waals surface area contributed by atoms with Crippen LogP contribution in [0.25, 0.3) is 0 Å². The molecule has 0 bridgehead atoms. The first-order chi connectivity index (χ1) is 7.63. The molecule has 83 valence electrons. The molecular weight excluding hydrogens is 193 g/mol. The van der Waals surface area contributed by atoms with Gasteiger partial charge in [0.25, 0.3) is 0 Å². The fraction of sp³-hybridized carbons (Fsp3) is 0.214. The Morgan fingerprint density at radius 3 is 2.31 bits per heavy atom. The van der Waals surface area contributed by atoms with Crippen molar-refractivity contribution >= 4 is 13.5 Å². The number of rotatable bonds is 6. The highest BCUT2D eigenvalue weighted by Crippen LogP contribution is 2.03. The maximum atomic E-state index is 3.91. The lowest BCUT2D eigenvalue weighted by Gasteiger charge is -1.97. The number of hydrogen-bond donors (Lipinski definition) is 0. The zero-order valence-corrected chi connectivity index (χ0v) is 10.4. The predicted molar refractivity (Wildman–Crippen MR) is 76.4 cm³/mol. The summed E-state index contributed by atoms with van der Waals surface area (Å²) in [6, 6.07) is 0. The van der Waals surface area contributed by atoms with Gasteiger partial charge in [-0.1, -0.05) is 55.8 Å². The highest BCUT2D eigenvalue weighted by atomic mass is 14.6. The van der Waals surface area contributed by atoms with Crippen LogP contribution in [0.1, 0.15) is 6.92 Å². The Labute approximate surface area is 99.9 Å². The van der Waals surface area contributed by atoms with Crippen LogP contribution < -0.4 is 0 Å². The van der Waals surface area contributed by atoms with Gasteiger partial charge < -0.3 is 0 Å². The Balaban J connectivity index is 4.63. The molecule has 2 heteroatoms. The molecule has 0 aliphatic heterocycles. The molecular formula is C14H19BN. The van der Waals surface area contributed by atoms with E-state index in [1.165, 1.54) is 0 Å². The van der Waals surface area contributed by atoms with Crippen molar-refractivity contribution in [2.75, 3.05) is 7.05 Å². The minimum Gasteiger partial charge on any atom is -0.296 e. The molecule has 0 aliphatic rings. The Bertz CT molecular complexity index is 357. The quantitative estimate of drug-likeness (QED) is 0.362. The summed E-state index contributed by atoms with van der Waals surface area (Å²) in [5.41, 5.74) is 2.96. The highest BCUT2D eigenvalue weighted by Gasteiger charge is 1.91. The van der Waals surface area contributed by atoms with Gasteiger partial charge in [-0.2, -0.15) is 0 Å². The third kappa shape index (κ3) is 6.82. The van der Waals surface area contributed by atoms with Crippen molar-refractivity contribution in [3.63, 3.8) is 0 Å². The van der Waals surface area contributed by atoms with E-state index in [4.69, 9.17) is 0 Å². The van der Waals surface area contributed by atoms with Crippen molar-refractivity contribution in [3.8, 4) is 0 Å². The Kier molecular flexibility index (Phi) is 7.87. The van der Waals surface area contributed by atoms with E-state index in [0.29, 0.717) is 0 Å². The summed E-state index contributed by atoms with van der Waals surface area (Å²) in [4.78, 5) is 3.91. The van der Waals surface area contributed by atoms with Gasteiger partial charge in [0, 0.05) is 13.3 Å². The van der Waals surface area contributed by atoms with Crippen molar-refractivity contribution < 1.29 is 0 Å². The molecule has 0 heterocycles. The standard InChI is InChI=1S/C14H19BN/c1-6-7-12(2)8-9-14(15-4)10-13(3)11-16-5/h6-11H,2-3H2,1,4-5H3/b7-6-,9-8-,14-10+,16-11?.